The second-order valence-corrected chi connectivity index (χ2v) is 7.15. The van der Waals surface area contributed by atoms with E-state index in [1.807, 2.05) is 0 Å². The van der Waals surface area contributed by atoms with Crippen molar-refractivity contribution in [1.29, 1.82) is 0 Å². The first kappa shape index (κ1) is 17.0. The Hall–Kier alpha value is -2.02. The van der Waals surface area contributed by atoms with Crippen molar-refractivity contribution in [3.8, 4) is 0 Å². The third-order valence-corrected chi connectivity index (χ3v) is 4.39. The summed E-state index contributed by atoms with van der Waals surface area (Å²) in [6.45, 7) is 0. The van der Waals surface area contributed by atoms with Crippen LogP contribution in [-0.4, -0.2) is 48.5 Å². The van der Waals surface area contributed by atoms with Crippen LogP contribution in [0, 0.1) is 0 Å². The molecule has 8 nitrogen and oxygen atoms in total. The minimum atomic E-state index is -4.95. The Balaban J connectivity index is 2.99. The van der Waals surface area contributed by atoms with Crippen molar-refractivity contribution in [2.75, 3.05) is 19.5 Å². The molecule has 1 rings (SSSR count). The number of ether oxygens (including phenoxy) is 2. The summed E-state index contributed by atoms with van der Waals surface area (Å²) in [5, 5.41) is 2.61. The molecule has 0 radical (unpaired) electrons. The molecular weight excluding hydrogens is 345 g/mol. The van der Waals surface area contributed by atoms with Gasteiger partial charge in [0, 0.05) is 0 Å². The van der Waals surface area contributed by atoms with Gasteiger partial charge in [0.2, 0.25) is 0 Å². The van der Waals surface area contributed by atoms with Crippen LogP contribution in [0.1, 0.15) is 0 Å². The van der Waals surface area contributed by atoms with Gasteiger partial charge in [-0.15, -0.1) is 0 Å². The second-order valence-electron chi connectivity index (χ2n) is 3.79. The fourth-order valence-electron chi connectivity index (χ4n) is 1.33. The first-order valence-corrected chi connectivity index (χ1v) is 8.97. The number of benzene rings is 1. The fourth-order valence-corrected chi connectivity index (χ4v) is 2.45. The zero-order chi connectivity index (χ0) is 16.0. The van der Waals surface area contributed by atoms with Crippen molar-refractivity contribution in [1.82, 2.24) is 0 Å². The van der Waals surface area contributed by atoms with Crippen molar-refractivity contribution in [2.45, 2.75) is 0 Å². The molecular formula is C12H14AsNO7. The minimum absolute atomic E-state index is 0.102. The van der Waals surface area contributed by atoms with E-state index in [2.05, 4.69) is 14.8 Å². The van der Waals surface area contributed by atoms with E-state index in [-0.39, 0.29) is 10.0 Å². The van der Waals surface area contributed by atoms with Crippen LogP contribution in [0.25, 0.3) is 0 Å². The molecule has 0 saturated carbocycles. The van der Waals surface area contributed by atoms with Gasteiger partial charge in [-0.2, -0.15) is 0 Å². The Morgan fingerprint density at radius 1 is 1.14 bits per heavy atom. The van der Waals surface area contributed by atoms with Gasteiger partial charge in [0.25, 0.3) is 0 Å². The van der Waals surface area contributed by atoms with E-state index in [9.17, 15) is 13.3 Å². The predicted octanol–water partition coefficient (Wildman–Crippen LogP) is -1.11. The van der Waals surface area contributed by atoms with Gasteiger partial charge in [-0.1, -0.05) is 0 Å². The summed E-state index contributed by atoms with van der Waals surface area (Å²) in [6.07, 6.45) is 0.909. The van der Waals surface area contributed by atoms with Crippen molar-refractivity contribution >= 4 is 36.1 Å². The summed E-state index contributed by atoms with van der Waals surface area (Å²) in [5.41, 5.74) is 0.182. The van der Waals surface area contributed by atoms with E-state index >= 15 is 0 Å². The maximum atomic E-state index is 11.5. The number of hydrogen-bond acceptors (Lipinski definition) is 6. The molecule has 1 aromatic carbocycles. The first-order chi connectivity index (χ1) is 9.77. The molecule has 0 saturated heterocycles. The average molecular weight is 359 g/mol. The van der Waals surface area contributed by atoms with Crippen molar-refractivity contribution < 1.29 is 31.0 Å². The molecule has 0 fully saturated rings. The van der Waals surface area contributed by atoms with Gasteiger partial charge in [0.15, 0.2) is 0 Å². The van der Waals surface area contributed by atoms with Crippen molar-refractivity contribution in [3.05, 3.63) is 36.0 Å². The number of esters is 2. The topological polar surface area (TPSA) is 122 Å². The van der Waals surface area contributed by atoms with Crippen LogP contribution < -0.4 is 9.67 Å². The van der Waals surface area contributed by atoms with Crippen LogP contribution in [0.5, 0.6) is 0 Å². The fraction of sp³-hybridized carbons (Fsp3) is 0.167. The summed E-state index contributed by atoms with van der Waals surface area (Å²) in [7, 11) is 2.30. The van der Waals surface area contributed by atoms with Crippen LogP contribution in [0.2, 0.25) is 0 Å². The zero-order valence-corrected chi connectivity index (χ0v) is 13.1. The number of anilines is 1. The van der Waals surface area contributed by atoms with Gasteiger partial charge >= 0.3 is 123 Å². The molecule has 0 atom stereocenters. The molecule has 0 aliphatic carbocycles. The Kier molecular flexibility index (Phi) is 5.77. The number of hydrogen-bond donors (Lipinski definition) is 3. The van der Waals surface area contributed by atoms with Crippen LogP contribution in [0.3, 0.4) is 0 Å². The summed E-state index contributed by atoms with van der Waals surface area (Å²) in [4.78, 5) is 22.7. The number of rotatable bonds is 5. The van der Waals surface area contributed by atoms with Gasteiger partial charge in [-0.3, -0.25) is 0 Å². The normalized spacial score (nSPS) is 11.7. The van der Waals surface area contributed by atoms with Crippen LogP contribution in [-0.2, 0) is 22.8 Å². The molecule has 0 bridgehead atoms. The zero-order valence-electron chi connectivity index (χ0n) is 11.3. The van der Waals surface area contributed by atoms with Crippen LogP contribution >= 0.6 is 0 Å². The van der Waals surface area contributed by atoms with Crippen LogP contribution in [0.4, 0.5) is 5.69 Å². The van der Waals surface area contributed by atoms with E-state index in [4.69, 9.17) is 8.19 Å². The number of carbonyl (C=O) groups excluding carboxylic acids is 2. The van der Waals surface area contributed by atoms with Crippen molar-refractivity contribution in [3.63, 3.8) is 0 Å². The summed E-state index contributed by atoms with van der Waals surface area (Å²) in [6, 6.07) is 5.19. The van der Waals surface area contributed by atoms with Gasteiger partial charge in [0.1, 0.15) is 0 Å². The molecule has 0 spiro atoms. The molecule has 3 N–H and O–H groups in total. The molecule has 21 heavy (non-hydrogen) atoms. The van der Waals surface area contributed by atoms with E-state index in [1.54, 1.807) is 0 Å². The van der Waals surface area contributed by atoms with E-state index in [1.165, 1.54) is 24.3 Å². The SMILES string of the molecule is COC(=O)/C=C(/Nc1ccc([As](=O)(O)O)cc1)C(=O)OC. The number of nitrogens with one attached hydrogen (secondary N) is 1. The Morgan fingerprint density at radius 3 is 2.14 bits per heavy atom. The molecule has 0 aliphatic heterocycles. The quantitative estimate of drug-likeness (QED) is 0.344. The summed E-state index contributed by atoms with van der Waals surface area (Å²) >= 11 is -4.95. The monoisotopic (exact) mass is 359 g/mol. The number of carbonyl (C=O) groups is 2. The average Bonchev–Trinajstić information content (AvgIpc) is 2.45. The molecule has 0 aliphatic rings. The maximum absolute atomic E-state index is 11.5. The van der Waals surface area contributed by atoms with Crippen molar-refractivity contribution in [2.24, 2.45) is 0 Å². The van der Waals surface area contributed by atoms with Gasteiger partial charge < -0.3 is 0 Å². The van der Waals surface area contributed by atoms with Gasteiger partial charge in [-0.05, 0) is 0 Å². The van der Waals surface area contributed by atoms with E-state index in [0.717, 1.165) is 20.3 Å². The standard InChI is InChI=1S/C12H14AsNO7/c1-20-11(15)7-10(12(16)21-2)14-9-5-3-8(4-6-9)13(17,18)19/h3-7,14H,1-2H3,(H2,17,18,19)/b10-7+. The van der Waals surface area contributed by atoms with E-state index < -0.39 is 26.1 Å². The van der Waals surface area contributed by atoms with E-state index in [0.29, 0.717) is 5.69 Å². The molecule has 0 unspecified atom stereocenters. The summed E-state index contributed by atoms with van der Waals surface area (Å²) in [5.74, 6) is -1.54. The molecule has 114 valence electrons. The first-order valence-electron chi connectivity index (χ1n) is 5.59. The number of methoxy groups -OCH3 is 2. The molecule has 0 amide bonds. The third kappa shape index (κ3) is 5.11. The third-order valence-electron chi connectivity index (χ3n) is 2.35. The Bertz CT molecular complexity index is 603. The molecule has 0 heterocycles. The Morgan fingerprint density at radius 2 is 1.71 bits per heavy atom. The molecule has 9 heteroatoms. The van der Waals surface area contributed by atoms with Gasteiger partial charge in [-0.25, -0.2) is 0 Å². The van der Waals surface area contributed by atoms with Crippen LogP contribution in [0.15, 0.2) is 36.0 Å². The molecule has 1 aromatic rings. The predicted molar refractivity (Wildman–Crippen MR) is 72.7 cm³/mol. The molecule has 0 aromatic heterocycles. The second kappa shape index (κ2) is 7.12. The van der Waals surface area contributed by atoms with Gasteiger partial charge in [0.05, 0.1) is 0 Å². The Labute approximate surface area is 123 Å². The summed E-state index contributed by atoms with van der Waals surface area (Å²) < 4.78 is 38.0.